The van der Waals surface area contributed by atoms with E-state index >= 15 is 0 Å². The third-order valence-electron chi connectivity index (χ3n) is 11.3. The monoisotopic (exact) mass is 646 g/mol. The standard InChI is InChI=1S/C35H42N4O8/c1-37(2)27-23-16-19-15-22-25(29(41)24(19)32(43)35(23,46)33(44)26(30(27)42)34(36)45)28(40)21-14-18(17-39-10-5-11-39)6-7-20(21)31(22)47-13-12-38-8-3-4-9-38/h6-7,14,19,23-24,26-27,40,46H,3-5,8-13,15-17H2,1-2H3,(H2,36,45)/t19-,23-,24?,26?,27-,35-/m0/s1. The molecule has 12 heteroatoms. The van der Waals surface area contributed by atoms with Crippen molar-refractivity contribution < 1.29 is 38.9 Å². The van der Waals surface area contributed by atoms with E-state index in [9.17, 15) is 34.2 Å². The molecule has 4 N–H and O–H groups in total. The van der Waals surface area contributed by atoms with Gasteiger partial charge in [0.2, 0.25) is 5.91 Å². The second-order valence-electron chi connectivity index (χ2n) is 14.2. The molecular weight excluding hydrogens is 604 g/mol. The molecule has 0 radical (unpaired) electrons. The molecule has 47 heavy (non-hydrogen) atoms. The van der Waals surface area contributed by atoms with Crippen molar-refractivity contribution in [3.63, 3.8) is 0 Å². The lowest BCUT2D eigenvalue weighted by Crippen LogP contribution is -2.74. The van der Waals surface area contributed by atoms with Crippen molar-refractivity contribution in [1.82, 2.24) is 14.7 Å². The summed E-state index contributed by atoms with van der Waals surface area (Å²) in [5.74, 6) is -10.1. The van der Waals surface area contributed by atoms with Gasteiger partial charge in [0.05, 0.1) is 17.5 Å². The Kier molecular flexibility index (Phi) is 7.98. The number of benzene rings is 2. The lowest BCUT2D eigenvalue weighted by atomic mass is 9.52. The maximum atomic E-state index is 14.5. The van der Waals surface area contributed by atoms with Crippen LogP contribution < -0.4 is 10.5 Å². The van der Waals surface area contributed by atoms with Gasteiger partial charge in [-0.1, -0.05) is 12.1 Å². The summed E-state index contributed by atoms with van der Waals surface area (Å²) >= 11 is 0. The van der Waals surface area contributed by atoms with Crippen LogP contribution in [0, 0.1) is 23.7 Å². The zero-order valence-electron chi connectivity index (χ0n) is 26.9. The normalized spacial score (nSPS) is 31.1. The van der Waals surface area contributed by atoms with E-state index in [2.05, 4.69) is 9.80 Å². The van der Waals surface area contributed by atoms with Gasteiger partial charge >= 0.3 is 0 Å². The van der Waals surface area contributed by atoms with Gasteiger partial charge in [-0.2, -0.15) is 0 Å². The molecular formula is C35H42N4O8. The van der Waals surface area contributed by atoms with E-state index in [1.807, 2.05) is 18.2 Å². The van der Waals surface area contributed by atoms with Crippen LogP contribution in [-0.2, 0) is 32.1 Å². The average Bonchev–Trinajstić information content (AvgIpc) is 3.52. The summed E-state index contributed by atoms with van der Waals surface area (Å²) in [6, 6.07) is 4.63. The van der Waals surface area contributed by atoms with Crippen molar-refractivity contribution in [2.75, 3.05) is 53.4 Å². The molecule has 3 aliphatic carbocycles. The van der Waals surface area contributed by atoms with Crippen LogP contribution in [0.2, 0.25) is 0 Å². The molecule has 2 saturated carbocycles. The van der Waals surface area contributed by atoms with Crippen LogP contribution in [0.1, 0.15) is 47.2 Å². The number of hydrogen-bond acceptors (Lipinski definition) is 11. The minimum Gasteiger partial charge on any atom is -0.507 e. The quantitative estimate of drug-likeness (QED) is 0.345. The Morgan fingerprint density at radius 3 is 2.36 bits per heavy atom. The van der Waals surface area contributed by atoms with Gasteiger partial charge in [0.25, 0.3) is 0 Å². The predicted molar refractivity (Wildman–Crippen MR) is 170 cm³/mol. The molecule has 0 bridgehead atoms. The minimum absolute atomic E-state index is 0.00924. The van der Waals surface area contributed by atoms with Crippen LogP contribution in [0.4, 0.5) is 0 Å². The smallest absolute Gasteiger partial charge is 0.235 e. The van der Waals surface area contributed by atoms with E-state index in [-0.39, 0.29) is 24.2 Å². The Hall–Kier alpha value is -3.71. The van der Waals surface area contributed by atoms with Gasteiger partial charge in [-0.3, -0.25) is 38.7 Å². The number of primary amides is 1. The van der Waals surface area contributed by atoms with Gasteiger partial charge in [0, 0.05) is 35.3 Å². The van der Waals surface area contributed by atoms with Crippen LogP contribution >= 0.6 is 0 Å². The Balaban J connectivity index is 1.33. The van der Waals surface area contributed by atoms with Gasteiger partial charge in [0.1, 0.15) is 18.1 Å². The summed E-state index contributed by atoms with van der Waals surface area (Å²) in [6.07, 6.45) is 3.55. The third kappa shape index (κ3) is 4.91. The number of fused-ring (bicyclic) bond motifs is 4. The average molecular weight is 647 g/mol. The highest BCUT2D eigenvalue weighted by atomic mass is 16.5. The number of ketones is 4. The van der Waals surface area contributed by atoms with E-state index in [4.69, 9.17) is 10.5 Å². The lowest BCUT2D eigenvalue weighted by Gasteiger charge is -2.52. The molecule has 250 valence electrons. The predicted octanol–water partition coefficient (Wildman–Crippen LogP) is 0.701. The number of carbonyl (C=O) groups excluding carboxylic acids is 5. The van der Waals surface area contributed by atoms with Crippen molar-refractivity contribution in [3.8, 4) is 11.5 Å². The summed E-state index contributed by atoms with van der Waals surface area (Å²) in [6.45, 7) is 5.72. The fourth-order valence-electron chi connectivity index (χ4n) is 8.83. The maximum absolute atomic E-state index is 14.5. The molecule has 2 unspecified atom stereocenters. The molecule has 12 nitrogen and oxygen atoms in total. The van der Waals surface area contributed by atoms with Crippen LogP contribution in [0.5, 0.6) is 11.5 Å². The summed E-state index contributed by atoms with van der Waals surface area (Å²) in [5, 5.41) is 24.8. The van der Waals surface area contributed by atoms with Crippen LogP contribution in [-0.4, -0.2) is 119 Å². The molecule has 0 aromatic heterocycles. The van der Waals surface area contributed by atoms with Gasteiger partial charge in [-0.25, -0.2) is 0 Å². The molecule has 7 rings (SSSR count). The number of likely N-dealkylation sites (tertiary alicyclic amines) is 2. The van der Waals surface area contributed by atoms with E-state index < -0.39 is 64.4 Å². The molecule has 4 fully saturated rings. The number of Topliss-reactive ketones (excluding diaryl/α,β-unsaturated/α-hetero) is 4. The number of nitrogens with zero attached hydrogens (tertiary/aromatic N) is 3. The fourth-order valence-corrected chi connectivity index (χ4v) is 8.83. The fraction of sp³-hybridized carbons (Fsp3) is 0.571. The summed E-state index contributed by atoms with van der Waals surface area (Å²) in [7, 11) is 3.14. The first kappa shape index (κ1) is 31.9. The summed E-state index contributed by atoms with van der Waals surface area (Å²) < 4.78 is 6.49. The minimum atomic E-state index is -2.76. The molecule has 5 aliphatic rings. The first-order valence-corrected chi connectivity index (χ1v) is 16.7. The Bertz CT molecular complexity index is 1700. The van der Waals surface area contributed by atoms with E-state index in [0.717, 1.165) is 51.0 Å². The highest BCUT2D eigenvalue weighted by Crippen LogP contribution is 2.53. The van der Waals surface area contributed by atoms with Gasteiger partial charge in [-0.15, -0.1) is 0 Å². The number of amides is 1. The summed E-state index contributed by atoms with van der Waals surface area (Å²) in [4.78, 5) is 74.2. The number of rotatable bonds is 8. The first-order valence-electron chi connectivity index (χ1n) is 16.7. The largest absolute Gasteiger partial charge is 0.507 e. The van der Waals surface area contributed by atoms with E-state index in [1.165, 1.54) is 4.90 Å². The number of hydrogen-bond donors (Lipinski definition) is 3. The molecule has 2 aromatic carbocycles. The Morgan fingerprint density at radius 1 is 1.02 bits per heavy atom. The van der Waals surface area contributed by atoms with Gasteiger partial charge < -0.3 is 20.7 Å². The lowest BCUT2D eigenvalue weighted by molar-refractivity contribution is -0.181. The highest BCUT2D eigenvalue weighted by Gasteiger charge is 2.69. The Morgan fingerprint density at radius 2 is 1.72 bits per heavy atom. The van der Waals surface area contributed by atoms with Crippen LogP contribution in [0.25, 0.3) is 10.8 Å². The Labute approximate surface area is 272 Å². The van der Waals surface area contributed by atoms with Crippen LogP contribution in [0.3, 0.4) is 0 Å². The van der Waals surface area contributed by atoms with E-state index in [1.54, 1.807) is 14.1 Å². The molecule has 6 atom stereocenters. The van der Waals surface area contributed by atoms with Crippen molar-refractivity contribution in [1.29, 1.82) is 0 Å². The summed E-state index contributed by atoms with van der Waals surface area (Å²) in [5.41, 5.74) is 4.09. The highest BCUT2D eigenvalue weighted by molar-refractivity contribution is 6.32. The number of ether oxygens (including phenoxy) is 1. The second-order valence-corrected chi connectivity index (χ2v) is 14.2. The zero-order valence-corrected chi connectivity index (χ0v) is 26.9. The first-order chi connectivity index (χ1) is 22.4. The number of phenols is 1. The van der Waals surface area contributed by atoms with Gasteiger partial charge in [0.15, 0.2) is 34.7 Å². The maximum Gasteiger partial charge on any atom is 0.235 e. The molecule has 2 heterocycles. The van der Waals surface area contributed by atoms with Crippen molar-refractivity contribution in [2.45, 2.75) is 50.3 Å². The second kappa shape index (κ2) is 11.8. The molecule has 2 aliphatic heterocycles. The van der Waals surface area contributed by atoms with Crippen molar-refractivity contribution >= 4 is 39.8 Å². The topological polar surface area (TPSA) is 171 Å². The van der Waals surface area contributed by atoms with Crippen LogP contribution in [0.15, 0.2) is 18.2 Å². The number of aromatic hydroxyl groups is 1. The third-order valence-corrected chi connectivity index (χ3v) is 11.3. The number of likely N-dealkylation sites (N-methyl/N-ethyl adjacent to an activating group) is 1. The number of nitrogens with two attached hydrogens (primary N) is 1. The van der Waals surface area contributed by atoms with Crippen molar-refractivity contribution in [3.05, 3.63) is 34.9 Å². The molecule has 2 aromatic rings. The number of phenolic OH excluding ortho intramolecular Hbond substituents is 1. The number of carbonyl (C=O) groups is 5. The zero-order chi connectivity index (χ0) is 33.4. The molecule has 2 saturated heterocycles. The van der Waals surface area contributed by atoms with Crippen molar-refractivity contribution in [2.24, 2.45) is 29.4 Å². The van der Waals surface area contributed by atoms with Gasteiger partial charge in [-0.05, 0) is 89.9 Å². The molecule has 0 spiro atoms. The SMILES string of the molecule is CN(C)[C@@H]1C(=O)C(C(N)=O)C(=O)[C@@]2(O)C(=O)C3C(=O)c4c(c(OCCN5CCCC5)c5ccc(CN6CCC6)cc5c4O)C[C@H]3C[C@@H]12. The van der Waals surface area contributed by atoms with E-state index in [0.29, 0.717) is 41.8 Å². The number of aliphatic hydroxyl groups is 1. The molecule has 1 amide bonds.